The zero-order chi connectivity index (χ0) is 11.9. The fourth-order valence-corrected chi connectivity index (χ4v) is 1.69. The lowest BCUT2D eigenvalue weighted by molar-refractivity contribution is -0.511. The fourth-order valence-electron chi connectivity index (χ4n) is 1.39. The van der Waals surface area contributed by atoms with Crippen LogP contribution in [0, 0.1) is 11.3 Å². The molecular weight excluding hydrogens is 243 g/mol. The van der Waals surface area contributed by atoms with E-state index >= 15 is 0 Å². The molecule has 7 heteroatoms. The molecule has 2 rings (SSSR count). The quantitative estimate of drug-likeness (QED) is 0.712. The summed E-state index contributed by atoms with van der Waals surface area (Å²) in [6.45, 7) is 0. The third kappa shape index (κ3) is 1.49. The number of nitriles is 1. The Morgan fingerprint density at radius 2 is 2.12 bits per heavy atom. The Morgan fingerprint density at radius 1 is 1.44 bits per heavy atom. The molecule has 2 aromatic rings. The first kappa shape index (κ1) is 10.8. The van der Waals surface area contributed by atoms with E-state index in [4.69, 9.17) is 16.9 Å². The second-order valence-corrected chi connectivity index (χ2v) is 3.44. The number of hydrogen-bond donors (Lipinski definition) is 1. The first-order chi connectivity index (χ1) is 7.45. The Bertz CT molecular complexity index is 594. The number of aromatic nitrogens is 2. The lowest BCUT2D eigenvalue weighted by Gasteiger charge is -2.07. The molecule has 3 nitrogen and oxygen atoms in total. The van der Waals surface area contributed by atoms with Gasteiger partial charge >= 0.3 is 11.8 Å². The van der Waals surface area contributed by atoms with Gasteiger partial charge in [0.2, 0.25) is 0 Å². The zero-order valence-corrected chi connectivity index (χ0v) is 8.39. The topological polar surface area (TPSA) is 43.7 Å². The summed E-state index contributed by atoms with van der Waals surface area (Å²) in [7, 11) is 0. The molecular formula is C9H4ClF3N3+. The molecule has 1 N–H and O–H groups in total. The van der Waals surface area contributed by atoms with Crippen molar-refractivity contribution in [1.29, 1.82) is 5.26 Å². The summed E-state index contributed by atoms with van der Waals surface area (Å²) in [5.41, 5.74) is -1.36. The third-order valence-electron chi connectivity index (χ3n) is 2.10. The average molecular weight is 247 g/mol. The van der Waals surface area contributed by atoms with Crippen molar-refractivity contribution in [2.45, 2.75) is 6.18 Å². The lowest BCUT2D eigenvalue weighted by Crippen LogP contribution is -2.23. The Morgan fingerprint density at radius 3 is 2.69 bits per heavy atom. The van der Waals surface area contributed by atoms with Gasteiger partial charge in [-0.2, -0.15) is 18.4 Å². The molecule has 0 aliphatic rings. The molecule has 16 heavy (non-hydrogen) atoms. The lowest BCUT2D eigenvalue weighted by atomic mass is 10.1. The van der Waals surface area contributed by atoms with Crippen LogP contribution in [-0.4, -0.2) is 4.98 Å². The second kappa shape index (κ2) is 3.39. The van der Waals surface area contributed by atoms with Gasteiger partial charge in [0.05, 0.1) is 5.56 Å². The first-order valence-electron chi connectivity index (χ1n) is 4.13. The van der Waals surface area contributed by atoms with Gasteiger partial charge in [0, 0.05) is 0 Å². The van der Waals surface area contributed by atoms with Gasteiger partial charge in [-0.25, -0.2) is 9.38 Å². The molecule has 0 atom stereocenters. The number of nitrogens with zero attached hydrogens (tertiary/aromatic N) is 2. The van der Waals surface area contributed by atoms with E-state index in [9.17, 15) is 13.2 Å². The number of imidazole rings is 1. The normalized spacial score (nSPS) is 11.7. The second-order valence-electron chi connectivity index (χ2n) is 3.06. The van der Waals surface area contributed by atoms with Crippen molar-refractivity contribution in [1.82, 2.24) is 4.98 Å². The number of rotatable bonds is 0. The Kier molecular flexibility index (Phi) is 2.28. The predicted molar refractivity (Wildman–Crippen MR) is 48.7 cm³/mol. The molecule has 2 heterocycles. The maximum absolute atomic E-state index is 12.6. The minimum atomic E-state index is -4.60. The molecule has 0 unspecified atom stereocenters. The van der Waals surface area contributed by atoms with Gasteiger partial charge in [-0.15, -0.1) is 0 Å². The van der Waals surface area contributed by atoms with Crippen LogP contribution < -0.4 is 4.40 Å². The van der Waals surface area contributed by atoms with Crippen molar-refractivity contribution in [3.63, 3.8) is 0 Å². The highest BCUT2D eigenvalue weighted by Crippen LogP contribution is 2.34. The van der Waals surface area contributed by atoms with E-state index in [1.165, 1.54) is 22.9 Å². The van der Waals surface area contributed by atoms with Crippen LogP contribution in [0.2, 0.25) is 5.02 Å². The van der Waals surface area contributed by atoms with E-state index in [0.717, 1.165) is 6.20 Å². The van der Waals surface area contributed by atoms with E-state index in [-0.39, 0.29) is 10.7 Å². The molecule has 0 saturated heterocycles. The molecule has 0 aliphatic carbocycles. The number of nitrogens with one attached hydrogen (secondary N) is 1. The summed E-state index contributed by atoms with van der Waals surface area (Å²) in [5, 5.41) is 8.47. The van der Waals surface area contributed by atoms with Crippen LogP contribution >= 0.6 is 11.6 Å². The maximum atomic E-state index is 12.6. The summed E-state index contributed by atoms with van der Waals surface area (Å²) >= 11 is 5.72. The fraction of sp³-hybridized carbons (Fsp3) is 0.111. The molecule has 2 aromatic heterocycles. The highest BCUT2D eigenvalue weighted by molar-refractivity contribution is 6.34. The van der Waals surface area contributed by atoms with E-state index in [1.54, 1.807) is 0 Å². The predicted octanol–water partition coefficient (Wildman–Crippen LogP) is 2.30. The minimum Gasteiger partial charge on any atom is -0.242 e. The van der Waals surface area contributed by atoms with E-state index < -0.39 is 17.3 Å². The van der Waals surface area contributed by atoms with Gasteiger partial charge in [0.25, 0.3) is 0 Å². The number of alkyl halides is 3. The number of fused-ring (bicyclic) bond motifs is 1. The van der Waals surface area contributed by atoms with Crippen molar-refractivity contribution in [3.05, 3.63) is 34.7 Å². The van der Waals surface area contributed by atoms with Crippen LogP contribution in [0.1, 0.15) is 11.1 Å². The maximum Gasteiger partial charge on any atom is 0.421 e. The Labute approximate surface area is 92.7 Å². The highest BCUT2D eigenvalue weighted by Gasteiger charge is 2.37. The zero-order valence-electron chi connectivity index (χ0n) is 7.64. The van der Waals surface area contributed by atoms with Crippen LogP contribution in [0.4, 0.5) is 13.2 Å². The molecule has 0 saturated carbocycles. The minimum absolute atomic E-state index is 0.234. The van der Waals surface area contributed by atoms with Crippen LogP contribution in [-0.2, 0) is 6.18 Å². The summed E-state index contributed by atoms with van der Waals surface area (Å²) in [6.07, 6.45) is -0.955. The molecule has 82 valence electrons. The van der Waals surface area contributed by atoms with Gasteiger partial charge in [0.15, 0.2) is 0 Å². The van der Waals surface area contributed by atoms with Crippen molar-refractivity contribution < 1.29 is 17.6 Å². The molecule has 0 spiro atoms. The smallest absolute Gasteiger partial charge is 0.242 e. The molecule has 0 fully saturated rings. The van der Waals surface area contributed by atoms with Gasteiger partial charge in [-0.1, -0.05) is 11.6 Å². The number of halogens is 4. The SMILES string of the molecule is N#Cc1c(C(F)(F)F)c[n+]2cc[nH]c2c1Cl. The third-order valence-corrected chi connectivity index (χ3v) is 2.46. The first-order valence-corrected chi connectivity index (χ1v) is 4.51. The monoisotopic (exact) mass is 246 g/mol. The summed E-state index contributed by atoms with van der Waals surface area (Å²) in [6, 6.07) is 1.47. The molecule has 0 bridgehead atoms. The molecule has 0 aliphatic heterocycles. The van der Waals surface area contributed by atoms with E-state index in [1.807, 2.05) is 0 Å². The summed E-state index contributed by atoms with van der Waals surface area (Å²) in [4.78, 5) is 2.65. The van der Waals surface area contributed by atoms with Crippen LogP contribution in [0.5, 0.6) is 0 Å². The molecule has 0 radical (unpaired) electrons. The van der Waals surface area contributed by atoms with Crippen molar-refractivity contribution in [2.75, 3.05) is 0 Å². The van der Waals surface area contributed by atoms with Gasteiger partial charge in [-0.05, 0) is 0 Å². The van der Waals surface area contributed by atoms with Crippen molar-refractivity contribution in [3.8, 4) is 6.07 Å². The van der Waals surface area contributed by atoms with Gasteiger partial charge in [-0.3, -0.25) is 0 Å². The Balaban J connectivity index is 2.89. The van der Waals surface area contributed by atoms with Gasteiger partial charge in [0.1, 0.15) is 35.2 Å². The Hall–Kier alpha value is -1.74. The van der Waals surface area contributed by atoms with Gasteiger partial charge < -0.3 is 0 Å². The van der Waals surface area contributed by atoms with Crippen LogP contribution in [0.25, 0.3) is 5.65 Å². The van der Waals surface area contributed by atoms with Crippen LogP contribution in [0.3, 0.4) is 0 Å². The number of hydrogen-bond acceptors (Lipinski definition) is 1. The summed E-state index contributed by atoms with van der Waals surface area (Å²) < 4.78 is 39.0. The number of aromatic amines is 1. The highest BCUT2D eigenvalue weighted by atomic mass is 35.5. The number of pyridine rings is 1. The average Bonchev–Trinajstić information content (AvgIpc) is 2.64. The molecule has 0 aromatic carbocycles. The van der Waals surface area contributed by atoms with E-state index in [0.29, 0.717) is 0 Å². The van der Waals surface area contributed by atoms with Crippen LogP contribution in [0.15, 0.2) is 18.6 Å². The number of H-pyrrole nitrogens is 1. The summed E-state index contributed by atoms with van der Waals surface area (Å²) in [5.74, 6) is 0. The largest absolute Gasteiger partial charge is 0.421 e. The standard InChI is InChI=1S/C9H3ClF3N3/c10-7-5(3-14)6(9(11,12)13)4-16-2-1-15-8(7)16/h1-2,4H/p+1. The van der Waals surface area contributed by atoms with Crippen molar-refractivity contribution in [2.24, 2.45) is 0 Å². The molecule has 0 amide bonds. The van der Waals surface area contributed by atoms with Crippen molar-refractivity contribution >= 4 is 17.2 Å². The van der Waals surface area contributed by atoms with E-state index in [2.05, 4.69) is 4.98 Å².